The highest BCUT2D eigenvalue weighted by molar-refractivity contribution is 8.26. The summed E-state index contributed by atoms with van der Waals surface area (Å²) in [6, 6.07) is 10.7. The van der Waals surface area contributed by atoms with Crippen LogP contribution in [0.25, 0.3) is 11.7 Å². The molecule has 0 aliphatic carbocycles. The Morgan fingerprint density at radius 2 is 2.06 bits per heavy atom. The van der Waals surface area contributed by atoms with Gasteiger partial charge in [-0.3, -0.25) is 18.9 Å². The average Bonchev–Trinajstić information content (AvgIpc) is 3.45. The number of amides is 1. The molecule has 10 nitrogen and oxygen atoms in total. The number of anilines is 1. The minimum atomic E-state index is -0.319. The third-order valence-corrected chi connectivity index (χ3v) is 6.85. The minimum Gasteiger partial charge on any atom is -0.454 e. The molecule has 0 saturated carbocycles. The molecule has 1 saturated heterocycles. The van der Waals surface area contributed by atoms with Gasteiger partial charge < -0.3 is 24.6 Å². The summed E-state index contributed by atoms with van der Waals surface area (Å²) in [7, 11) is 0. The lowest BCUT2D eigenvalue weighted by molar-refractivity contribution is -0.122. The maximum Gasteiger partial charge on any atom is 0.267 e. The molecule has 1 amide bonds. The number of aliphatic hydroxyl groups is 1. The normalized spacial score (nSPS) is 15.9. The van der Waals surface area contributed by atoms with Crippen LogP contribution in [-0.2, 0) is 16.1 Å². The molecular formula is C24H22N4O6S2. The van der Waals surface area contributed by atoms with Crippen LogP contribution in [0.3, 0.4) is 0 Å². The fraction of sp³-hybridized carbons (Fsp3) is 0.250. The van der Waals surface area contributed by atoms with E-state index in [4.69, 9.17) is 31.5 Å². The molecular weight excluding hydrogens is 504 g/mol. The molecule has 5 rings (SSSR count). The van der Waals surface area contributed by atoms with Gasteiger partial charge in [0.15, 0.2) is 11.5 Å². The Balaban J connectivity index is 1.42. The highest BCUT2D eigenvalue weighted by Gasteiger charge is 2.33. The van der Waals surface area contributed by atoms with E-state index in [1.807, 2.05) is 12.1 Å². The van der Waals surface area contributed by atoms with Crippen molar-refractivity contribution in [2.45, 2.75) is 6.54 Å². The number of hydrogen-bond acceptors (Lipinski definition) is 10. The number of aromatic nitrogens is 2. The zero-order valence-corrected chi connectivity index (χ0v) is 20.6. The summed E-state index contributed by atoms with van der Waals surface area (Å²) in [6.45, 7) is 1.25. The van der Waals surface area contributed by atoms with E-state index >= 15 is 0 Å². The first-order chi connectivity index (χ1) is 17.5. The Morgan fingerprint density at radius 1 is 1.19 bits per heavy atom. The van der Waals surface area contributed by atoms with Gasteiger partial charge in [0.25, 0.3) is 11.5 Å². The molecule has 1 aromatic carbocycles. The molecule has 12 heteroatoms. The van der Waals surface area contributed by atoms with E-state index in [1.165, 1.54) is 15.4 Å². The van der Waals surface area contributed by atoms with Gasteiger partial charge >= 0.3 is 0 Å². The van der Waals surface area contributed by atoms with Gasteiger partial charge in [0.2, 0.25) is 6.79 Å². The van der Waals surface area contributed by atoms with Crippen molar-refractivity contribution in [3.63, 3.8) is 0 Å². The van der Waals surface area contributed by atoms with E-state index in [2.05, 4.69) is 10.3 Å². The predicted molar refractivity (Wildman–Crippen MR) is 139 cm³/mol. The summed E-state index contributed by atoms with van der Waals surface area (Å²) < 4.78 is 17.9. The van der Waals surface area contributed by atoms with Crippen LogP contribution < -0.4 is 20.3 Å². The summed E-state index contributed by atoms with van der Waals surface area (Å²) >= 11 is 6.62. The molecule has 1 fully saturated rings. The van der Waals surface area contributed by atoms with Crippen LogP contribution in [0.5, 0.6) is 11.5 Å². The fourth-order valence-corrected chi connectivity index (χ4v) is 5.00. The number of nitrogens with one attached hydrogen (secondary N) is 1. The first-order valence-electron chi connectivity index (χ1n) is 11.1. The van der Waals surface area contributed by atoms with E-state index in [0.29, 0.717) is 45.3 Å². The van der Waals surface area contributed by atoms with Crippen LogP contribution in [0, 0.1) is 0 Å². The largest absolute Gasteiger partial charge is 0.454 e. The lowest BCUT2D eigenvalue weighted by Gasteiger charge is -2.15. The molecule has 2 aliphatic rings. The Labute approximate surface area is 215 Å². The standard InChI is InChI=1S/C24H22N4O6S2/c29-8-10-32-9-6-25-21-16(22(30)27-7-2-1-3-20(27)26-21)12-19-23(31)28(24(35)36-19)13-15-4-5-17-18(11-15)34-14-33-17/h1-5,7,11-12,25,29H,6,8-10,13-14H2. The third kappa shape index (κ3) is 4.93. The molecule has 0 radical (unpaired) electrons. The van der Waals surface area contributed by atoms with Crippen molar-refractivity contribution in [3.8, 4) is 11.5 Å². The van der Waals surface area contributed by atoms with E-state index in [9.17, 15) is 9.59 Å². The number of carbonyl (C=O) groups is 1. The van der Waals surface area contributed by atoms with Gasteiger partial charge in [0.05, 0.1) is 36.8 Å². The summed E-state index contributed by atoms with van der Waals surface area (Å²) in [5.74, 6) is 1.33. The first-order valence-corrected chi connectivity index (χ1v) is 12.4. The zero-order chi connectivity index (χ0) is 25.1. The molecule has 4 heterocycles. The van der Waals surface area contributed by atoms with Crippen molar-refractivity contribution in [2.75, 3.05) is 38.5 Å². The average molecular weight is 527 g/mol. The molecule has 0 spiro atoms. The van der Waals surface area contributed by atoms with Crippen LogP contribution >= 0.6 is 24.0 Å². The number of carbonyl (C=O) groups excluding carboxylic acids is 1. The monoisotopic (exact) mass is 526 g/mol. The molecule has 0 atom stereocenters. The molecule has 0 unspecified atom stereocenters. The highest BCUT2D eigenvalue weighted by atomic mass is 32.2. The Hall–Kier alpha value is -3.45. The molecule has 2 aliphatic heterocycles. The maximum atomic E-state index is 13.3. The number of fused-ring (bicyclic) bond motifs is 2. The van der Waals surface area contributed by atoms with Gasteiger partial charge in [-0.25, -0.2) is 4.98 Å². The lowest BCUT2D eigenvalue weighted by atomic mass is 10.2. The minimum absolute atomic E-state index is 0.0745. The van der Waals surface area contributed by atoms with Gasteiger partial charge in [0.1, 0.15) is 15.8 Å². The van der Waals surface area contributed by atoms with Gasteiger partial charge in [-0.05, 0) is 35.9 Å². The van der Waals surface area contributed by atoms with Crippen molar-refractivity contribution in [2.24, 2.45) is 0 Å². The number of rotatable bonds is 9. The van der Waals surface area contributed by atoms with Crippen LogP contribution in [0.1, 0.15) is 11.1 Å². The smallest absolute Gasteiger partial charge is 0.267 e. The second-order valence-electron chi connectivity index (χ2n) is 7.83. The SMILES string of the molecule is O=C1C(=Cc2c(NCCOCCO)nc3ccccn3c2=O)SC(=S)N1Cc1ccc2c(c1)OCO2. The predicted octanol–water partition coefficient (Wildman–Crippen LogP) is 2.25. The maximum absolute atomic E-state index is 13.3. The van der Waals surface area contributed by atoms with Gasteiger partial charge in [-0.15, -0.1) is 0 Å². The Kier molecular flexibility index (Phi) is 7.18. The number of thioether (sulfide) groups is 1. The molecule has 2 N–H and O–H groups in total. The molecule has 2 aromatic heterocycles. The number of benzene rings is 1. The number of hydrogen-bond donors (Lipinski definition) is 2. The van der Waals surface area contributed by atoms with Crippen LogP contribution in [0.2, 0.25) is 0 Å². The van der Waals surface area contributed by atoms with E-state index < -0.39 is 0 Å². The number of ether oxygens (including phenoxy) is 3. The summed E-state index contributed by atoms with van der Waals surface area (Å²) in [6.07, 6.45) is 3.16. The van der Waals surface area contributed by atoms with Crippen LogP contribution in [0.15, 0.2) is 52.3 Å². The van der Waals surface area contributed by atoms with E-state index in [-0.39, 0.29) is 43.6 Å². The van der Waals surface area contributed by atoms with Crippen molar-refractivity contribution in [1.82, 2.24) is 14.3 Å². The van der Waals surface area contributed by atoms with E-state index in [1.54, 1.807) is 30.5 Å². The van der Waals surface area contributed by atoms with Crippen molar-refractivity contribution >= 4 is 51.7 Å². The topological polar surface area (TPSA) is 115 Å². The second kappa shape index (κ2) is 10.7. The van der Waals surface area contributed by atoms with Crippen molar-refractivity contribution < 1.29 is 24.1 Å². The van der Waals surface area contributed by atoms with Crippen molar-refractivity contribution in [1.29, 1.82) is 0 Å². The highest BCUT2D eigenvalue weighted by Crippen LogP contribution is 2.36. The van der Waals surface area contributed by atoms with Gasteiger partial charge in [-0.1, -0.05) is 36.1 Å². The quantitative estimate of drug-likeness (QED) is 0.244. The third-order valence-electron chi connectivity index (χ3n) is 5.47. The Morgan fingerprint density at radius 3 is 2.92 bits per heavy atom. The summed E-state index contributed by atoms with van der Waals surface area (Å²) in [5.41, 5.74) is 1.23. The molecule has 186 valence electrons. The number of thiocarbonyl (C=S) groups is 1. The van der Waals surface area contributed by atoms with Crippen LogP contribution in [0.4, 0.5) is 5.82 Å². The van der Waals surface area contributed by atoms with Crippen LogP contribution in [-0.4, -0.2) is 62.8 Å². The Bertz CT molecular complexity index is 1420. The molecule has 3 aromatic rings. The summed E-state index contributed by atoms with van der Waals surface area (Å²) in [4.78, 5) is 33.0. The number of aliphatic hydroxyl groups excluding tert-OH is 1. The van der Waals surface area contributed by atoms with Gasteiger partial charge in [-0.2, -0.15) is 0 Å². The second-order valence-corrected chi connectivity index (χ2v) is 9.50. The lowest BCUT2D eigenvalue weighted by Crippen LogP contribution is -2.27. The zero-order valence-electron chi connectivity index (χ0n) is 19.0. The number of pyridine rings is 1. The van der Waals surface area contributed by atoms with Crippen molar-refractivity contribution in [3.05, 3.63) is 69.0 Å². The van der Waals surface area contributed by atoms with E-state index in [0.717, 1.165) is 17.3 Å². The molecule has 36 heavy (non-hydrogen) atoms. The fourth-order valence-electron chi connectivity index (χ4n) is 3.77. The first kappa shape index (κ1) is 24.3. The molecule has 0 bridgehead atoms. The summed E-state index contributed by atoms with van der Waals surface area (Å²) in [5, 5.41) is 12.0. The number of nitrogens with zero attached hydrogens (tertiary/aromatic N) is 3. The van der Waals surface area contributed by atoms with Gasteiger partial charge in [0, 0.05) is 12.7 Å².